The number of anilines is 1. The molecule has 1 unspecified atom stereocenters. The van der Waals surface area contributed by atoms with Crippen molar-refractivity contribution in [1.29, 1.82) is 0 Å². The molecule has 23 heavy (non-hydrogen) atoms. The summed E-state index contributed by atoms with van der Waals surface area (Å²) >= 11 is 0. The molecule has 1 N–H and O–H groups in total. The van der Waals surface area contributed by atoms with Gasteiger partial charge in [-0.25, -0.2) is 4.90 Å². The van der Waals surface area contributed by atoms with E-state index < -0.39 is 5.41 Å². The number of amides is 2. The normalized spacial score (nSPS) is 20.9. The van der Waals surface area contributed by atoms with Crippen LogP contribution >= 0.6 is 0 Å². The molecule has 1 saturated heterocycles. The van der Waals surface area contributed by atoms with Crippen molar-refractivity contribution in [2.75, 3.05) is 12.0 Å². The molecule has 1 aliphatic rings. The Morgan fingerprint density at radius 3 is 2.43 bits per heavy atom. The van der Waals surface area contributed by atoms with Crippen LogP contribution in [0.5, 0.6) is 11.5 Å². The van der Waals surface area contributed by atoms with Crippen molar-refractivity contribution < 1.29 is 19.4 Å². The SMILES string of the molecule is COc1ccc(N2C(=O)CC(C)(c3ccccc3)C2=O)cc1O. The zero-order valence-electron chi connectivity index (χ0n) is 12.9. The molecule has 2 aromatic carbocycles. The first-order valence-electron chi connectivity index (χ1n) is 7.27. The van der Waals surface area contributed by atoms with Crippen molar-refractivity contribution in [2.45, 2.75) is 18.8 Å². The Balaban J connectivity index is 2.01. The minimum atomic E-state index is -0.895. The van der Waals surface area contributed by atoms with Crippen molar-refractivity contribution in [1.82, 2.24) is 0 Å². The molecule has 5 heteroatoms. The maximum Gasteiger partial charge on any atom is 0.244 e. The van der Waals surface area contributed by atoms with Gasteiger partial charge in [-0.1, -0.05) is 30.3 Å². The van der Waals surface area contributed by atoms with Gasteiger partial charge in [-0.05, 0) is 24.6 Å². The fourth-order valence-electron chi connectivity index (χ4n) is 2.93. The molecule has 5 nitrogen and oxygen atoms in total. The first kappa shape index (κ1) is 15.1. The fraction of sp³-hybridized carbons (Fsp3) is 0.222. The molecule has 0 aliphatic carbocycles. The highest BCUT2D eigenvalue weighted by Gasteiger charge is 2.49. The van der Waals surface area contributed by atoms with Gasteiger partial charge >= 0.3 is 0 Å². The number of nitrogens with zero attached hydrogens (tertiary/aromatic N) is 1. The van der Waals surface area contributed by atoms with Crippen LogP contribution in [-0.2, 0) is 15.0 Å². The third-order valence-electron chi connectivity index (χ3n) is 4.26. The molecule has 1 atom stereocenters. The lowest BCUT2D eigenvalue weighted by atomic mass is 9.81. The fourth-order valence-corrected chi connectivity index (χ4v) is 2.93. The number of phenols is 1. The average molecular weight is 311 g/mol. The maximum atomic E-state index is 12.9. The van der Waals surface area contributed by atoms with Crippen LogP contribution in [0, 0.1) is 0 Å². The smallest absolute Gasteiger partial charge is 0.244 e. The van der Waals surface area contributed by atoms with E-state index in [0.29, 0.717) is 11.4 Å². The Morgan fingerprint density at radius 2 is 1.83 bits per heavy atom. The van der Waals surface area contributed by atoms with E-state index in [9.17, 15) is 14.7 Å². The van der Waals surface area contributed by atoms with E-state index in [2.05, 4.69) is 0 Å². The van der Waals surface area contributed by atoms with Gasteiger partial charge in [0.2, 0.25) is 11.8 Å². The Hall–Kier alpha value is -2.82. The Kier molecular flexibility index (Phi) is 3.56. The maximum absolute atomic E-state index is 12.9. The molecule has 0 spiro atoms. The van der Waals surface area contributed by atoms with Crippen LogP contribution in [0.1, 0.15) is 18.9 Å². The second-order valence-corrected chi connectivity index (χ2v) is 5.77. The van der Waals surface area contributed by atoms with Gasteiger partial charge in [-0.2, -0.15) is 0 Å². The van der Waals surface area contributed by atoms with Gasteiger partial charge in [0.1, 0.15) is 0 Å². The second-order valence-electron chi connectivity index (χ2n) is 5.77. The van der Waals surface area contributed by atoms with Crippen LogP contribution in [-0.4, -0.2) is 24.0 Å². The monoisotopic (exact) mass is 311 g/mol. The summed E-state index contributed by atoms with van der Waals surface area (Å²) < 4.78 is 4.99. The van der Waals surface area contributed by atoms with E-state index in [1.807, 2.05) is 30.3 Å². The summed E-state index contributed by atoms with van der Waals surface area (Å²) in [4.78, 5) is 26.5. The number of carbonyl (C=O) groups excluding carboxylic acids is 2. The number of hydrogen-bond acceptors (Lipinski definition) is 4. The first-order chi connectivity index (χ1) is 11.0. The van der Waals surface area contributed by atoms with Crippen LogP contribution in [0.25, 0.3) is 0 Å². The number of hydrogen-bond donors (Lipinski definition) is 1. The number of ether oxygens (including phenoxy) is 1. The Bertz CT molecular complexity index is 772. The van der Waals surface area contributed by atoms with Gasteiger partial charge in [-0.15, -0.1) is 0 Å². The Labute approximate surface area is 134 Å². The second kappa shape index (κ2) is 5.43. The molecule has 1 heterocycles. The van der Waals surface area contributed by atoms with Crippen LogP contribution in [0.15, 0.2) is 48.5 Å². The molecule has 2 aromatic rings. The zero-order valence-corrected chi connectivity index (χ0v) is 12.9. The molecule has 118 valence electrons. The summed E-state index contributed by atoms with van der Waals surface area (Å²) in [7, 11) is 1.44. The molecular weight excluding hydrogens is 294 g/mol. The molecule has 0 saturated carbocycles. The van der Waals surface area contributed by atoms with E-state index in [1.54, 1.807) is 13.0 Å². The first-order valence-corrected chi connectivity index (χ1v) is 7.27. The van der Waals surface area contributed by atoms with E-state index in [-0.39, 0.29) is 24.0 Å². The van der Waals surface area contributed by atoms with Crippen LogP contribution < -0.4 is 9.64 Å². The summed E-state index contributed by atoms with van der Waals surface area (Å²) in [6.07, 6.45) is 0.0998. The van der Waals surface area contributed by atoms with Crippen molar-refractivity contribution in [3.05, 3.63) is 54.1 Å². The number of methoxy groups -OCH3 is 1. The van der Waals surface area contributed by atoms with Gasteiger partial charge < -0.3 is 9.84 Å². The van der Waals surface area contributed by atoms with Gasteiger partial charge in [-0.3, -0.25) is 9.59 Å². The summed E-state index contributed by atoms with van der Waals surface area (Å²) in [6.45, 7) is 1.77. The largest absolute Gasteiger partial charge is 0.504 e. The minimum absolute atomic E-state index is 0.0998. The number of carbonyl (C=O) groups is 2. The van der Waals surface area contributed by atoms with Crippen molar-refractivity contribution in [3.63, 3.8) is 0 Å². The van der Waals surface area contributed by atoms with Crippen molar-refractivity contribution in [3.8, 4) is 11.5 Å². The van der Waals surface area contributed by atoms with Crippen molar-refractivity contribution in [2.24, 2.45) is 0 Å². The summed E-state index contributed by atoms with van der Waals surface area (Å²) in [5.41, 5.74) is 0.255. The van der Waals surface area contributed by atoms with Gasteiger partial charge in [0.25, 0.3) is 0 Å². The van der Waals surface area contributed by atoms with Crippen LogP contribution in [0.4, 0.5) is 5.69 Å². The van der Waals surface area contributed by atoms with Crippen LogP contribution in [0.3, 0.4) is 0 Å². The highest BCUT2D eigenvalue weighted by molar-refractivity contribution is 6.24. The molecular formula is C18H17NO4. The predicted molar refractivity (Wildman–Crippen MR) is 85.6 cm³/mol. The number of benzene rings is 2. The quantitative estimate of drug-likeness (QED) is 0.885. The molecule has 3 rings (SSSR count). The predicted octanol–water partition coefficient (Wildman–Crippen LogP) is 2.62. The zero-order chi connectivity index (χ0) is 16.6. The highest BCUT2D eigenvalue weighted by atomic mass is 16.5. The topological polar surface area (TPSA) is 66.8 Å². The number of imide groups is 1. The lowest BCUT2D eigenvalue weighted by molar-refractivity contribution is -0.122. The number of rotatable bonds is 3. The molecule has 2 amide bonds. The standard InChI is InChI=1S/C18H17NO4/c1-18(12-6-4-3-5-7-12)11-16(21)19(17(18)22)13-8-9-15(23-2)14(20)10-13/h3-10,20H,11H2,1-2H3. The number of aromatic hydroxyl groups is 1. The van der Waals surface area contributed by atoms with Gasteiger partial charge in [0.05, 0.1) is 18.2 Å². The third kappa shape index (κ3) is 2.34. The molecule has 0 bridgehead atoms. The minimum Gasteiger partial charge on any atom is -0.504 e. The van der Waals surface area contributed by atoms with Gasteiger partial charge in [0, 0.05) is 12.5 Å². The third-order valence-corrected chi connectivity index (χ3v) is 4.26. The van der Waals surface area contributed by atoms with Crippen molar-refractivity contribution >= 4 is 17.5 Å². The van der Waals surface area contributed by atoms with E-state index in [0.717, 1.165) is 10.5 Å². The summed E-state index contributed by atoms with van der Waals surface area (Å²) in [5.74, 6) is -0.401. The van der Waals surface area contributed by atoms with Gasteiger partial charge in [0.15, 0.2) is 11.5 Å². The highest BCUT2D eigenvalue weighted by Crippen LogP contribution is 2.40. The molecule has 0 aromatic heterocycles. The van der Waals surface area contributed by atoms with E-state index in [1.165, 1.54) is 19.2 Å². The lowest BCUT2D eigenvalue weighted by Crippen LogP contribution is -2.36. The van der Waals surface area contributed by atoms with E-state index >= 15 is 0 Å². The summed E-state index contributed by atoms with van der Waals surface area (Å²) in [6, 6.07) is 13.7. The Morgan fingerprint density at radius 1 is 1.13 bits per heavy atom. The molecule has 0 radical (unpaired) electrons. The molecule has 1 fully saturated rings. The summed E-state index contributed by atoms with van der Waals surface area (Å²) in [5, 5.41) is 9.90. The van der Waals surface area contributed by atoms with Crippen LogP contribution in [0.2, 0.25) is 0 Å². The number of phenolic OH excluding ortho intramolecular Hbond substituents is 1. The average Bonchev–Trinajstić information content (AvgIpc) is 2.78. The lowest BCUT2D eigenvalue weighted by Gasteiger charge is -2.23. The molecule has 1 aliphatic heterocycles. The van der Waals surface area contributed by atoms with E-state index in [4.69, 9.17) is 4.74 Å².